The Morgan fingerprint density at radius 3 is 2.55 bits per heavy atom. The van der Waals surface area contributed by atoms with E-state index >= 15 is 0 Å². The van der Waals surface area contributed by atoms with Gasteiger partial charge in [-0.25, -0.2) is 0 Å². The molecule has 0 heterocycles. The molecule has 2 rings (SSSR count). The Morgan fingerprint density at radius 1 is 1.36 bits per heavy atom. The van der Waals surface area contributed by atoms with Gasteiger partial charge in [-0.15, -0.1) is 5.92 Å². The highest BCUT2D eigenvalue weighted by atomic mass is 14.5. The smallest absolute Gasteiger partial charge is 0.0317 e. The second kappa shape index (κ2) is 2.55. The second-order valence-electron chi connectivity index (χ2n) is 4.08. The Hall–Kier alpha value is -0.440. The van der Waals surface area contributed by atoms with Crippen molar-refractivity contribution >= 4 is 0 Å². The van der Waals surface area contributed by atoms with Crippen LogP contribution in [-0.2, 0) is 0 Å². The maximum atomic E-state index is 3.49. The van der Waals surface area contributed by atoms with Gasteiger partial charge in [0.15, 0.2) is 0 Å². The maximum Gasteiger partial charge on any atom is 0.0317 e. The lowest BCUT2D eigenvalue weighted by Gasteiger charge is -2.18. The minimum absolute atomic E-state index is 0.501. The normalized spacial score (nSPS) is 40.3. The van der Waals surface area contributed by atoms with E-state index in [9.17, 15) is 0 Å². The molecule has 0 spiro atoms. The molecule has 0 nitrogen and oxygen atoms in total. The molecule has 0 aromatic rings. The van der Waals surface area contributed by atoms with Crippen LogP contribution in [0.2, 0.25) is 0 Å². The molecule has 0 N–H and O–H groups in total. The zero-order valence-electron chi connectivity index (χ0n) is 7.32. The monoisotopic (exact) mass is 148 g/mol. The highest BCUT2D eigenvalue weighted by molar-refractivity contribution is 5.17. The molecule has 2 fully saturated rings. The van der Waals surface area contributed by atoms with Gasteiger partial charge in [0.05, 0.1) is 0 Å². The third-order valence-electron chi connectivity index (χ3n) is 3.27. The van der Waals surface area contributed by atoms with Crippen molar-refractivity contribution in [2.75, 3.05) is 0 Å². The summed E-state index contributed by atoms with van der Waals surface area (Å²) < 4.78 is 0. The highest BCUT2D eigenvalue weighted by Gasteiger charge is 2.43. The van der Waals surface area contributed by atoms with Gasteiger partial charge < -0.3 is 0 Å². The first-order valence-corrected chi connectivity index (χ1v) is 4.85. The Morgan fingerprint density at radius 2 is 2.09 bits per heavy atom. The molecule has 2 bridgehead atoms. The van der Waals surface area contributed by atoms with E-state index < -0.39 is 0 Å². The summed E-state index contributed by atoms with van der Waals surface area (Å²) in [6.45, 7) is 2.14. The Balaban J connectivity index is 2.10. The quantitative estimate of drug-likeness (QED) is 0.463. The Labute approximate surface area is 69.4 Å². The fourth-order valence-electron chi connectivity index (χ4n) is 2.64. The van der Waals surface area contributed by atoms with Crippen molar-refractivity contribution in [2.24, 2.45) is 11.3 Å². The fourth-order valence-corrected chi connectivity index (χ4v) is 2.64. The molecule has 2 aliphatic carbocycles. The Kier molecular flexibility index (Phi) is 1.68. The predicted molar refractivity (Wildman–Crippen MR) is 47.1 cm³/mol. The van der Waals surface area contributed by atoms with Crippen LogP contribution < -0.4 is 0 Å². The van der Waals surface area contributed by atoms with Crippen LogP contribution in [0.1, 0.15) is 45.4 Å². The van der Waals surface area contributed by atoms with Crippen molar-refractivity contribution in [1.82, 2.24) is 0 Å². The summed E-state index contributed by atoms with van der Waals surface area (Å²) in [4.78, 5) is 0. The van der Waals surface area contributed by atoms with Crippen LogP contribution in [0.25, 0.3) is 0 Å². The molecule has 2 aliphatic rings. The Bertz CT molecular complexity index is 196. The predicted octanol–water partition coefficient (Wildman–Crippen LogP) is 2.98. The third kappa shape index (κ3) is 1.18. The van der Waals surface area contributed by atoms with Gasteiger partial charge in [-0.3, -0.25) is 0 Å². The van der Waals surface area contributed by atoms with E-state index in [1.165, 1.54) is 32.1 Å². The minimum atomic E-state index is 0.501. The number of hydrogen-bond acceptors (Lipinski definition) is 0. The third-order valence-corrected chi connectivity index (χ3v) is 3.27. The molecule has 0 radical (unpaired) electrons. The summed E-state index contributed by atoms with van der Waals surface area (Å²) >= 11 is 0. The molecule has 11 heavy (non-hydrogen) atoms. The molecule has 0 saturated heterocycles. The fraction of sp³-hybridized carbons (Fsp3) is 0.818. The van der Waals surface area contributed by atoms with E-state index in [1.54, 1.807) is 0 Å². The van der Waals surface area contributed by atoms with Gasteiger partial charge in [-0.2, -0.15) is 0 Å². The van der Waals surface area contributed by atoms with Crippen molar-refractivity contribution in [3.8, 4) is 11.8 Å². The van der Waals surface area contributed by atoms with Gasteiger partial charge in [0.2, 0.25) is 0 Å². The zero-order valence-corrected chi connectivity index (χ0v) is 7.32. The molecule has 0 atom stereocenters. The van der Waals surface area contributed by atoms with Gasteiger partial charge >= 0.3 is 0 Å². The van der Waals surface area contributed by atoms with E-state index in [0.29, 0.717) is 5.41 Å². The standard InChI is InChI=1S/C11H16/c1-2-3-6-11-7-4-10(9-11)5-8-11/h10H,2,4-5,7-9H2,1H3. The molecule has 0 aromatic carbocycles. The molecule has 0 unspecified atom stereocenters. The van der Waals surface area contributed by atoms with Crippen LogP contribution >= 0.6 is 0 Å². The lowest BCUT2D eigenvalue weighted by molar-refractivity contribution is 0.400. The van der Waals surface area contributed by atoms with Gasteiger partial charge in [-0.1, -0.05) is 12.8 Å². The van der Waals surface area contributed by atoms with Crippen molar-refractivity contribution in [3.63, 3.8) is 0 Å². The van der Waals surface area contributed by atoms with Crippen LogP contribution in [0.15, 0.2) is 0 Å². The summed E-state index contributed by atoms with van der Waals surface area (Å²) in [5, 5.41) is 0. The van der Waals surface area contributed by atoms with Crippen LogP contribution in [0.4, 0.5) is 0 Å². The van der Waals surface area contributed by atoms with E-state index in [0.717, 1.165) is 12.3 Å². The van der Waals surface area contributed by atoms with Crippen molar-refractivity contribution < 1.29 is 0 Å². The highest BCUT2D eigenvalue weighted by Crippen LogP contribution is 2.53. The van der Waals surface area contributed by atoms with Gasteiger partial charge in [0, 0.05) is 11.8 Å². The molecule has 0 aromatic heterocycles. The lowest BCUT2D eigenvalue weighted by atomic mass is 9.85. The minimum Gasteiger partial charge on any atom is -0.103 e. The van der Waals surface area contributed by atoms with E-state index in [4.69, 9.17) is 0 Å². The molecule has 60 valence electrons. The summed E-state index contributed by atoms with van der Waals surface area (Å²) in [5.74, 6) is 7.79. The summed E-state index contributed by atoms with van der Waals surface area (Å²) in [5.41, 5.74) is 0.501. The van der Waals surface area contributed by atoms with Gasteiger partial charge in [0.1, 0.15) is 0 Å². The van der Waals surface area contributed by atoms with Crippen molar-refractivity contribution in [2.45, 2.75) is 45.4 Å². The average molecular weight is 148 g/mol. The van der Waals surface area contributed by atoms with E-state index in [1.807, 2.05) is 0 Å². The topological polar surface area (TPSA) is 0 Å². The number of fused-ring (bicyclic) bond motifs is 2. The summed E-state index contributed by atoms with van der Waals surface area (Å²) in [6.07, 6.45) is 8.15. The molecular weight excluding hydrogens is 132 g/mol. The first-order chi connectivity index (χ1) is 5.35. The second-order valence-corrected chi connectivity index (χ2v) is 4.08. The van der Waals surface area contributed by atoms with Gasteiger partial charge in [0.25, 0.3) is 0 Å². The SMILES string of the molecule is CCC#CC12CCC(CC1)C2. The lowest BCUT2D eigenvalue weighted by Crippen LogP contribution is -2.10. The summed E-state index contributed by atoms with van der Waals surface area (Å²) in [6, 6.07) is 0. The van der Waals surface area contributed by atoms with Gasteiger partial charge in [-0.05, 0) is 38.0 Å². The average Bonchev–Trinajstić information content (AvgIpc) is 2.60. The van der Waals surface area contributed by atoms with Crippen LogP contribution in [0, 0.1) is 23.2 Å². The van der Waals surface area contributed by atoms with Crippen molar-refractivity contribution in [3.05, 3.63) is 0 Å². The van der Waals surface area contributed by atoms with Crippen LogP contribution in [0.3, 0.4) is 0 Å². The van der Waals surface area contributed by atoms with E-state index in [-0.39, 0.29) is 0 Å². The number of hydrogen-bond donors (Lipinski definition) is 0. The molecule has 0 heteroatoms. The van der Waals surface area contributed by atoms with Crippen LogP contribution in [-0.4, -0.2) is 0 Å². The molecule has 2 saturated carbocycles. The van der Waals surface area contributed by atoms with E-state index in [2.05, 4.69) is 18.8 Å². The summed E-state index contributed by atoms with van der Waals surface area (Å²) in [7, 11) is 0. The molecule has 0 aliphatic heterocycles. The first kappa shape index (κ1) is 7.22. The van der Waals surface area contributed by atoms with Crippen molar-refractivity contribution in [1.29, 1.82) is 0 Å². The largest absolute Gasteiger partial charge is 0.103 e. The number of rotatable bonds is 0. The molecular formula is C11H16. The maximum absolute atomic E-state index is 3.49. The molecule has 0 amide bonds. The van der Waals surface area contributed by atoms with Crippen LogP contribution in [0.5, 0.6) is 0 Å². The first-order valence-electron chi connectivity index (χ1n) is 4.85. The zero-order chi connectivity index (χ0) is 7.73.